The van der Waals surface area contributed by atoms with Gasteiger partial charge in [0.25, 0.3) is 32.1 Å². The maximum Gasteiger partial charge on any atom is 1.00 e. The van der Waals surface area contributed by atoms with Crippen LogP contribution in [0.25, 0.3) is 0 Å². The van der Waals surface area contributed by atoms with Crippen molar-refractivity contribution in [2.24, 2.45) is 0 Å². The molecule has 10 N–H and O–H groups in total. The Kier molecular flexibility index (Phi) is 10.9. The summed E-state index contributed by atoms with van der Waals surface area (Å²) in [5, 5.41) is 9.34. The van der Waals surface area contributed by atoms with Crippen molar-refractivity contribution in [3.05, 3.63) is 96.1 Å². The summed E-state index contributed by atoms with van der Waals surface area (Å²) in [5.74, 6) is -1.40. The zero-order chi connectivity index (χ0) is 32.2. The SMILES string of the molecule is Nc1ccc(C(=O)Nc2ccc(NC(=O)Nc3ccc(NC(=O)c4ccc(N)cc4)c(S(=O)(=O)O)c3)cc2S(=O)(=O)O)cc1.[Na+]. The molecule has 4 rings (SSSR count). The summed E-state index contributed by atoms with van der Waals surface area (Å²) in [5.41, 5.74) is 11.5. The number of carbonyl (C=O) groups excluding carboxylic acids is 3. The number of nitrogen functional groups attached to an aromatic ring is 2. The van der Waals surface area contributed by atoms with E-state index < -0.39 is 47.9 Å². The Balaban J connectivity index is 0.00000552. The molecule has 4 aromatic rings. The molecule has 0 fully saturated rings. The molecule has 18 heteroatoms. The molecule has 4 amide bonds. The molecule has 0 saturated heterocycles. The second kappa shape index (κ2) is 14.1. The quantitative estimate of drug-likeness (QED) is 0.0731. The Morgan fingerprint density at radius 2 is 0.867 bits per heavy atom. The number of rotatable bonds is 8. The second-order valence-corrected chi connectivity index (χ2v) is 11.9. The molecule has 4 aromatic carbocycles. The van der Waals surface area contributed by atoms with Crippen molar-refractivity contribution in [1.82, 2.24) is 0 Å². The van der Waals surface area contributed by atoms with Gasteiger partial charge in [0.15, 0.2) is 0 Å². The van der Waals surface area contributed by atoms with Gasteiger partial charge in [-0.1, -0.05) is 0 Å². The van der Waals surface area contributed by atoms with Gasteiger partial charge in [-0.15, -0.1) is 0 Å². The fourth-order valence-electron chi connectivity index (χ4n) is 3.78. The van der Waals surface area contributed by atoms with Crippen LogP contribution in [-0.2, 0) is 20.2 Å². The standard InChI is InChI=1S/C27H24N6O9S2.Na/c28-17-5-1-15(2-6-17)25(34)32-21-11-9-19(13-23(21)43(37,38)39)30-27(36)31-20-10-12-22(24(14-20)44(40,41)42)33-26(35)16-3-7-18(29)8-4-16;/h1-14H,28-29H2,(H,32,34)(H,33,35)(H2,30,31,36)(H,37,38,39)(H,40,41,42);/q;+1. The molecule has 0 unspecified atom stereocenters. The second-order valence-electron chi connectivity index (χ2n) is 9.10. The van der Waals surface area contributed by atoms with E-state index in [1.54, 1.807) is 0 Å². The van der Waals surface area contributed by atoms with Crippen LogP contribution in [0.4, 0.5) is 38.9 Å². The monoisotopic (exact) mass is 663 g/mol. The minimum absolute atomic E-state index is 0. The Labute approximate surface area is 279 Å². The molecular formula is C27H24N6NaO9S2+. The van der Waals surface area contributed by atoms with E-state index >= 15 is 0 Å². The Morgan fingerprint density at radius 1 is 0.533 bits per heavy atom. The summed E-state index contributed by atoms with van der Waals surface area (Å²) >= 11 is 0. The van der Waals surface area contributed by atoms with Gasteiger partial charge in [-0.3, -0.25) is 18.7 Å². The average Bonchev–Trinajstić information content (AvgIpc) is 2.94. The topological polar surface area (TPSA) is 260 Å². The molecule has 0 aliphatic carbocycles. The molecule has 45 heavy (non-hydrogen) atoms. The van der Waals surface area contributed by atoms with Crippen LogP contribution in [0.3, 0.4) is 0 Å². The van der Waals surface area contributed by atoms with E-state index in [0.717, 1.165) is 24.3 Å². The van der Waals surface area contributed by atoms with Crippen LogP contribution < -0.4 is 62.3 Å². The molecule has 0 atom stereocenters. The first-order valence-corrected chi connectivity index (χ1v) is 15.1. The van der Waals surface area contributed by atoms with E-state index in [-0.39, 0.29) is 63.4 Å². The van der Waals surface area contributed by atoms with Crippen molar-refractivity contribution >= 4 is 72.2 Å². The minimum atomic E-state index is -4.89. The third-order valence-electron chi connectivity index (χ3n) is 5.88. The summed E-state index contributed by atoms with van der Waals surface area (Å²) in [6.07, 6.45) is 0. The van der Waals surface area contributed by atoms with Crippen molar-refractivity contribution < 1.29 is 69.9 Å². The number of nitrogens with one attached hydrogen (secondary N) is 4. The molecule has 0 spiro atoms. The van der Waals surface area contributed by atoms with Crippen LogP contribution in [0.5, 0.6) is 0 Å². The molecule has 0 saturated carbocycles. The molecule has 0 aliphatic heterocycles. The van der Waals surface area contributed by atoms with Gasteiger partial charge in [0.2, 0.25) is 0 Å². The summed E-state index contributed by atoms with van der Waals surface area (Å²) in [6, 6.07) is 17.0. The smallest absolute Gasteiger partial charge is 0.399 e. The van der Waals surface area contributed by atoms with Gasteiger partial charge in [0.1, 0.15) is 9.79 Å². The van der Waals surface area contributed by atoms with E-state index in [4.69, 9.17) is 11.5 Å². The van der Waals surface area contributed by atoms with Crippen molar-refractivity contribution in [3.63, 3.8) is 0 Å². The molecule has 228 valence electrons. The predicted molar refractivity (Wildman–Crippen MR) is 163 cm³/mol. The maximum absolute atomic E-state index is 12.6. The number of benzene rings is 4. The predicted octanol–water partition coefficient (Wildman–Crippen LogP) is 0.497. The fraction of sp³-hybridized carbons (Fsp3) is 0. The Hall–Kier alpha value is -4.49. The van der Waals surface area contributed by atoms with Gasteiger partial charge >= 0.3 is 35.6 Å². The molecule has 0 heterocycles. The van der Waals surface area contributed by atoms with Gasteiger partial charge in [0, 0.05) is 33.9 Å². The number of amides is 4. The molecule has 0 aromatic heterocycles. The number of hydrogen-bond acceptors (Lipinski definition) is 9. The van der Waals surface area contributed by atoms with E-state index in [1.165, 1.54) is 60.7 Å². The van der Waals surface area contributed by atoms with Crippen LogP contribution in [0.1, 0.15) is 20.7 Å². The van der Waals surface area contributed by atoms with Crippen LogP contribution in [0, 0.1) is 0 Å². The number of nitrogens with two attached hydrogens (primary N) is 2. The largest absolute Gasteiger partial charge is 1.00 e. The molecule has 0 aliphatic rings. The summed E-state index contributed by atoms with van der Waals surface area (Å²) in [7, 11) is -9.77. The van der Waals surface area contributed by atoms with E-state index in [9.17, 15) is 40.3 Å². The van der Waals surface area contributed by atoms with Crippen LogP contribution in [0.2, 0.25) is 0 Å². The number of anilines is 6. The maximum atomic E-state index is 12.6. The number of urea groups is 1. The molecule has 15 nitrogen and oxygen atoms in total. The van der Waals surface area contributed by atoms with Crippen molar-refractivity contribution in [3.8, 4) is 0 Å². The van der Waals surface area contributed by atoms with E-state index in [0.29, 0.717) is 11.4 Å². The van der Waals surface area contributed by atoms with Gasteiger partial charge in [-0.05, 0) is 84.9 Å². The van der Waals surface area contributed by atoms with E-state index in [2.05, 4.69) is 21.3 Å². The zero-order valence-corrected chi connectivity index (χ0v) is 26.9. The molecule has 0 radical (unpaired) electrons. The van der Waals surface area contributed by atoms with Gasteiger partial charge in [-0.25, -0.2) is 4.79 Å². The van der Waals surface area contributed by atoms with Crippen LogP contribution in [0.15, 0.2) is 94.7 Å². The van der Waals surface area contributed by atoms with Gasteiger partial charge in [0.05, 0.1) is 11.4 Å². The number of hydrogen-bond donors (Lipinski definition) is 8. The third kappa shape index (κ3) is 9.25. The normalized spacial score (nSPS) is 11.1. The third-order valence-corrected chi connectivity index (χ3v) is 7.66. The van der Waals surface area contributed by atoms with Crippen molar-refractivity contribution in [2.75, 3.05) is 32.7 Å². The van der Waals surface area contributed by atoms with Gasteiger partial charge < -0.3 is 32.7 Å². The Bertz CT molecular complexity index is 1850. The fourth-order valence-corrected chi connectivity index (χ4v) is 5.13. The first-order valence-electron chi connectivity index (χ1n) is 12.2. The van der Waals surface area contributed by atoms with Crippen molar-refractivity contribution in [1.29, 1.82) is 0 Å². The minimum Gasteiger partial charge on any atom is -0.399 e. The van der Waals surface area contributed by atoms with Gasteiger partial charge in [-0.2, -0.15) is 16.8 Å². The number of carbonyl (C=O) groups is 3. The van der Waals surface area contributed by atoms with Crippen molar-refractivity contribution in [2.45, 2.75) is 9.79 Å². The molecule has 0 bridgehead atoms. The van der Waals surface area contributed by atoms with E-state index in [1.807, 2.05) is 0 Å². The molecular weight excluding hydrogens is 639 g/mol. The summed E-state index contributed by atoms with van der Waals surface area (Å²) in [6.45, 7) is 0. The van der Waals surface area contributed by atoms with Crippen LogP contribution >= 0.6 is 0 Å². The first-order chi connectivity index (χ1) is 20.6. The van der Waals surface area contributed by atoms with Crippen LogP contribution in [-0.4, -0.2) is 43.8 Å². The summed E-state index contributed by atoms with van der Waals surface area (Å²) < 4.78 is 67.6. The Morgan fingerprint density at radius 3 is 1.18 bits per heavy atom. The summed E-state index contributed by atoms with van der Waals surface area (Å²) in [4.78, 5) is 36.3. The average molecular weight is 664 g/mol. The first kappa shape index (κ1) is 35.0. The zero-order valence-electron chi connectivity index (χ0n) is 23.3.